The van der Waals surface area contributed by atoms with E-state index in [0.717, 1.165) is 31.5 Å². The highest BCUT2D eigenvalue weighted by Gasteiger charge is 2.54. The van der Waals surface area contributed by atoms with Crippen molar-refractivity contribution >= 4 is 11.9 Å². The van der Waals surface area contributed by atoms with Gasteiger partial charge in [-0.05, 0) is 42.7 Å². The smallest absolute Gasteiger partial charge is 0.325 e. The van der Waals surface area contributed by atoms with Gasteiger partial charge in [0.05, 0.1) is 13.2 Å². The second-order valence-corrected chi connectivity index (χ2v) is 8.45. The minimum Gasteiger partial charge on any atom is -0.493 e. The number of likely N-dealkylation sites (tertiary alicyclic amines) is 1. The van der Waals surface area contributed by atoms with E-state index in [-0.39, 0.29) is 18.5 Å². The van der Waals surface area contributed by atoms with Crippen molar-refractivity contribution in [1.82, 2.24) is 15.1 Å². The lowest BCUT2D eigenvalue weighted by Crippen LogP contribution is -2.47. The van der Waals surface area contributed by atoms with Crippen LogP contribution in [0.5, 0.6) is 5.75 Å². The third-order valence-corrected chi connectivity index (χ3v) is 6.66. The van der Waals surface area contributed by atoms with Crippen LogP contribution in [0.4, 0.5) is 4.79 Å². The average Bonchev–Trinajstić information content (AvgIpc) is 3.05. The van der Waals surface area contributed by atoms with Crippen molar-refractivity contribution in [3.63, 3.8) is 0 Å². The number of rotatable bonds is 4. The normalized spacial score (nSPS) is 23.9. The SMILES string of the molecule is O=C1NC2(CCOc3ccccc32)C(=O)N1CC=CN1CCC(c2ccccc2)CC1. The Labute approximate surface area is 182 Å². The highest BCUT2D eigenvalue weighted by atomic mass is 16.5. The number of para-hydroxylation sites is 1. The van der Waals surface area contributed by atoms with Crippen LogP contribution in [0, 0.1) is 0 Å². The van der Waals surface area contributed by atoms with E-state index in [0.29, 0.717) is 24.7 Å². The van der Waals surface area contributed by atoms with Crippen LogP contribution < -0.4 is 10.1 Å². The van der Waals surface area contributed by atoms with Gasteiger partial charge in [-0.15, -0.1) is 0 Å². The van der Waals surface area contributed by atoms with Crippen LogP contribution in [0.15, 0.2) is 66.9 Å². The Bertz CT molecular complexity index is 998. The number of piperidine rings is 1. The molecule has 0 aliphatic carbocycles. The van der Waals surface area contributed by atoms with Crippen LogP contribution in [0.25, 0.3) is 0 Å². The summed E-state index contributed by atoms with van der Waals surface area (Å²) in [6, 6.07) is 17.8. The van der Waals surface area contributed by atoms with E-state index in [1.807, 2.05) is 36.5 Å². The number of hydrogen-bond acceptors (Lipinski definition) is 4. The number of ether oxygens (including phenoxy) is 1. The van der Waals surface area contributed by atoms with Crippen LogP contribution >= 0.6 is 0 Å². The van der Waals surface area contributed by atoms with E-state index in [2.05, 4.69) is 40.5 Å². The zero-order chi connectivity index (χ0) is 21.3. The molecule has 0 bridgehead atoms. The first-order chi connectivity index (χ1) is 15.2. The molecule has 1 N–H and O–H groups in total. The Hall–Kier alpha value is -3.28. The van der Waals surface area contributed by atoms with Gasteiger partial charge in [0.15, 0.2) is 5.54 Å². The zero-order valence-corrected chi connectivity index (χ0v) is 17.5. The molecule has 1 atom stereocenters. The van der Waals surface area contributed by atoms with Crippen LogP contribution in [0.2, 0.25) is 0 Å². The summed E-state index contributed by atoms with van der Waals surface area (Å²) in [5, 5.41) is 2.95. The van der Waals surface area contributed by atoms with Gasteiger partial charge >= 0.3 is 6.03 Å². The van der Waals surface area contributed by atoms with Gasteiger partial charge in [-0.1, -0.05) is 48.5 Å². The van der Waals surface area contributed by atoms with Gasteiger partial charge in [-0.25, -0.2) is 4.79 Å². The average molecular weight is 418 g/mol. The molecular weight excluding hydrogens is 390 g/mol. The Morgan fingerprint density at radius 1 is 1.03 bits per heavy atom. The second kappa shape index (κ2) is 8.10. The molecule has 3 heterocycles. The summed E-state index contributed by atoms with van der Waals surface area (Å²) in [4.78, 5) is 29.5. The highest BCUT2D eigenvalue weighted by molar-refractivity contribution is 6.08. The Balaban J connectivity index is 1.21. The number of carbonyl (C=O) groups excluding carboxylic acids is 2. The Kier molecular flexibility index (Phi) is 5.14. The molecule has 2 aromatic rings. The van der Waals surface area contributed by atoms with Crippen molar-refractivity contribution in [2.24, 2.45) is 0 Å². The molecule has 160 valence electrons. The number of amides is 3. The summed E-state index contributed by atoms with van der Waals surface area (Å²) in [7, 11) is 0. The maximum absolute atomic E-state index is 13.3. The molecule has 2 saturated heterocycles. The van der Waals surface area contributed by atoms with Gasteiger partial charge in [0.25, 0.3) is 5.91 Å². The topological polar surface area (TPSA) is 61.9 Å². The number of nitrogens with zero attached hydrogens (tertiary/aromatic N) is 2. The third kappa shape index (κ3) is 3.56. The highest BCUT2D eigenvalue weighted by Crippen LogP contribution is 2.40. The summed E-state index contributed by atoms with van der Waals surface area (Å²) in [6.07, 6.45) is 6.62. The number of fused-ring (bicyclic) bond motifs is 2. The summed E-state index contributed by atoms with van der Waals surface area (Å²) >= 11 is 0. The van der Waals surface area contributed by atoms with Crippen molar-refractivity contribution in [3.05, 3.63) is 78.0 Å². The van der Waals surface area contributed by atoms with Crippen molar-refractivity contribution in [1.29, 1.82) is 0 Å². The van der Waals surface area contributed by atoms with E-state index < -0.39 is 5.54 Å². The van der Waals surface area contributed by atoms with E-state index in [9.17, 15) is 9.59 Å². The maximum atomic E-state index is 13.3. The molecule has 1 spiro atoms. The van der Waals surface area contributed by atoms with Gasteiger partial charge in [0.1, 0.15) is 5.75 Å². The molecule has 0 radical (unpaired) electrons. The fourth-order valence-electron chi connectivity index (χ4n) is 4.95. The maximum Gasteiger partial charge on any atom is 0.325 e. The van der Waals surface area contributed by atoms with Gasteiger partial charge in [0.2, 0.25) is 0 Å². The number of hydrogen-bond donors (Lipinski definition) is 1. The number of carbonyl (C=O) groups is 2. The van der Waals surface area contributed by atoms with Crippen molar-refractivity contribution in [3.8, 4) is 5.75 Å². The minimum atomic E-state index is -1.01. The molecule has 2 aromatic carbocycles. The zero-order valence-electron chi connectivity index (χ0n) is 17.5. The molecule has 0 saturated carbocycles. The standard InChI is InChI=1S/C25H27N3O3/c29-23-25(13-18-31-22-10-5-4-9-21(22)25)26-24(30)28(23)15-6-14-27-16-11-20(12-17-27)19-7-2-1-3-8-19/h1-10,14,20H,11-13,15-18H2,(H,26,30). The fraction of sp³-hybridized carbons (Fsp3) is 0.360. The molecule has 6 heteroatoms. The summed E-state index contributed by atoms with van der Waals surface area (Å²) in [5.74, 6) is 1.08. The molecule has 3 amide bonds. The van der Waals surface area contributed by atoms with Crippen molar-refractivity contribution < 1.29 is 14.3 Å². The van der Waals surface area contributed by atoms with Gasteiger partial charge in [0, 0.05) is 25.1 Å². The van der Waals surface area contributed by atoms with Crippen molar-refractivity contribution in [2.45, 2.75) is 30.7 Å². The van der Waals surface area contributed by atoms with Crippen LogP contribution in [0.1, 0.15) is 36.3 Å². The van der Waals surface area contributed by atoms with E-state index in [4.69, 9.17) is 4.74 Å². The van der Waals surface area contributed by atoms with Crippen LogP contribution in [-0.2, 0) is 10.3 Å². The quantitative estimate of drug-likeness (QED) is 0.772. The number of urea groups is 1. The van der Waals surface area contributed by atoms with Crippen LogP contribution in [-0.4, -0.2) is 48.0 Å². The molecule has 31 heavy (non-hydrogen) atoms. The first-order valence-corrected chi connectivity index (χ1v) is 11.0. The first kappa shape index (κ1) is 19.7. The summed E-state index contributed by atoms with van der Waals surface area (Å²) < 4.78 is 5.69. The second-order valence-electron chi connectivity index (χ2n) is 8.45. The monoisotopic (exact) mass is 417 g/mol. The number of benzene rings is 2. The molecule has 6 nitrogen and oxygen atoms in total. The lowest BCUT2D eigenvalue weighted by Gasteiger charge is -2.33. The van der Waals surface area contributed by atoms with Gasteiger partial charge in [-0.3, -0.25) is 9.69 Å². The predicted molar refractivity (Wildman–Crippen MR) is 118 cm³/mol. The number of imide groups is 1. The molecule has 2 fully saturated rings. The van der Waals surface area contributed by atoms with Gasteiger partial charge in [-0.2, -0.15) is 0 Å². The van der Waals surface area contributed by atoms with Crippen molar-refractivity contribution in [2.75, 3.05) is 26.2 Å². The third-order valence-electron chi connectivity index (χ3n) is 6.66. The predicted octanol–water partition coefficient (Wildman–Crippen LogP) is 3.61. The first-order valence-electron chi connectivity index (χ1n) is 11.0. The largest absolute Gasteiger partial charge is 0.493 e. The molecule has 3 aliphatic heterocycles. The summed E-state index contributed by atoms with van der Waals surface area (Å²) in [6.45, 7) is 2.63. The minimum absolute atomic E-state index is 0.194. The lowest BCUT2D eigenvalue weighted by atomic mass is 9.84. The Morgan fingerprint density at radius 2 is 1.77 bits per heavy atom. The molecule has 3 aliphatic rings. The molecule has 5 rings (SSSR count). The fourth-order valence-corrected chi connectivity index (χ4v) is 4.95. The molecule has 0 aromatic heterocycles. The number of nitrogens with one attached hydrogen (secondary N) is 1. The van der Waals surface area contributed by atoms with Crippen LogP contribution in [0.3, 0.4) is 0 Å². The summed E-state index contributed by atoms with van der Waals surface area (Å²) in [5.41, 5.74) is 1.15. The van der Waals surface area contributed by atoms with E-state index >= 15 is 0 Å². The van der Waals surface area contributed by atoms with E-state index in [1.54, 1.807) is 0 Å². The lowest BCUT2D eigenvalue weighted by molar-refractivity contribution is -0.132. The Morgan fingerprint density at radius 3 is 2.58 bits per heavy atom. The molecular formula is C25H27N3O3. The molecule has 1 unspecified atom stereocenters. The van der Waals surface area contributed by atoms with E-state index in [1.165, 1.54) is 10.5 Å². The van der Waals surface area contributed by atoms with Gasteiger partial charge < -0.3 is 15.0 Å².